The summed E-state index contributed by atoms with van der Waals surface area (Å²) < 4.78 is 32.4. The number of carbonyl (C=O) groups excluding carboxylic acids is 3. The van der Waals surface area contributed by atoms with E-state index in [1.54, 1.807) is 24.0 Å². The summed E-state index contributed by atoms with van der Waals surface area (Å²) in [6, 6.07) is 5.34. The molecular formula is C23H35N3O6S. The third kappa shape index (κ3) is 7.82. The van der Waals surface area contributed by atoms with Gasteiger partial charge in [-0.2, -0.15) is 4.31 Å². The lowest BCUT2D eigenvalue weighted by molar-refractivity contribution is -0.150. The monoisotopic (exact) mass is 481 g/mol. The molecule has 2 rings (SSSR count). The molecule has 1 aromatic carbocycles. The van der Waals surface area contributed by atoms with Gasteiger partial charge in [0.05, 0.1) is 11.3 Å². The van der Waals surface area contributed by atoms with Gasteiger partial charge >= 0.3 is 5.97 Å². The van der Waals surface area contributed by atoms with E-state index in [4.69, 9.17) is 4.74 Å². The van der Waals surface area contributed by atoms with E-state index < -0.39 is 16.0 Å². The fourth-order valence-electron chi connectivity index (χ4n) is 3.71. The maximum atomic E-state index is 13.0. The van der Waals surface area contributed by atoms with Gasteiger partial charge in [-0.1, -0.05) is 25.5 Å². The second-order valence-corrected chi connectivity index (χ2v) is 10.4. The molecule has 1 N–H and O–H groups in total. The van der Waals surface area contributed by atoms with Crippen LogP contribution < -0.4 is 5.32 Å². The van der Waals surface area contributed by atoms with E-state index in [2.05, 4.69) is 5.32 Å². The number of sulfonamides is 1. The molecule has 0 spiro atoms. The molecule has 0 saturated carbocycles. The van der Waals surface area contributed by atoms with E-state index in [-0.39, 0.29) is 68.4 Å². The topological polar surface area (TPSA) is 113 Å². The lowest BCUT2D eigenvalue weighted by atomic mass is 10.2. The Bertz CT molecular complexity index is 955. The third-order valence-corrected chi connectivity index (χ3v) is 7.63. The van der Waals surface area contributed by atoms with Gasteiger partial charge in [-0.3, -0.25) is 14.4 Å². The molecule has 2 amide bonds. The van der Waals surface area contributed by atoms with Gasteiger partial charge in [-0.05, 0) is 44.4 Å². The fourth-order valence-corrected chi connectivity index (χ4v) is 5.44. The van der Waals surface area contributed by atoms with Crippen LogP contribution in [0.15, 0.2) is 23.1 Å². The molecule has 1 atom stereocenters. The molecule has 10 heteroatoms. The Morgan fingerprint density at radius 2 is 1.76 bits per heavy atom. The number of hydrogen-bond donors (Lipinski definition) is 1. The maximum Gasteiger partial charge on any atom is 0.306 e. The number of aryl methyl sites for hydroxylation is 2. The Balaban J connectivity index is 1.77. The van der Waals surface area contributed by atoms with Crippen LogP contribution in [-0.4, -0.2) is 74.2 Å². The van der Waals surface area contributed by atoms with Crippen LogP contribution >= 0.6 is 0 Å². The highest BCUT2D eigenvalue weighted by Crippen LogP contribution is 2.22. The Morgan fingerprint density at radius 1 is 1.09 bits per heavy atom. The summed E-state index contributed by atoms with van der Waals surface area (Å²) >= 11 is 0. The van der Waals surface area contributed by atoms with E-state index in [1.807, 2.05) is 26.8 Å². The standard InChI is InChI=1S/C23H35N3O6S/c1-5-6-19(4)24-21(27)16-32-23(29)10-9-22(28)25-11-13-26(14-12-25)33(30,31)20-15-17(2)7-8-18(20)3/h7-8,15,19H,5-6,9-14,16H2,1-4H3,(H,24,27). The van der Waals surface area contributed by atoms with Crippen LogP contribution in [0.3, 0.4) is 0 Å². The molecule has 184 valence electrons. The van der Waals surface area contributed by atoms with Gasteiger partial charge in [0, 0.05) is 38.6 Å². The minimum absolute atomic E-state index is 0.0140. The van der Waals surface area contributed by atoms with Crippen LogP contribution in [0, 0.1) is 13.8 Å². The molecule has 1 heterocycles. The molecule has 0 bridgehead atoms. The van der Waals surface area contributed by atoms with Crippen LogP contribution in [0.25, 0.3) is 0 Å². The lowest BCUT2D eigenvalue weighted by Crippen LogP contribution is -2.50. The van der Waals surface area contributed by atoms with Crippen molar-refractivity contribution < 1.29 is 27.5 Å². The van der Waals surface area contributed by atoms with Crippen molar-refractivity contribution in [2.24, 2.45) is 0 Å². The van der Waals surface area contributed by atoms with Gasteiger partial charge in [0.25, 0.3) is 5.91 Å². The number of carbonyl (C=O) groups is 3. The molecule has 1 aromatic rings. The highest BCUT2D eigenvalue weighted by atomic mass is 32.2. The Morgan fingerprint density at radius 3 is 2.39 bits per heavy atom. The quantitative estimate of drug-likeness (QED) is 0.510. The van der Waals surface area contributed by atoms with Gasteiger partial charge in [0.2, 0.25) is 15.9 Å². The SMILES string of the molecule is CCCC(C)NC(=O)COC(=O)CCC(=O)N1CCN(S(=O)(=O)c2cc(C)ccc2C)CC1. The molecule has 0 radical (unpaired) electrons. The Kier molecular flexibility index (Phi) is 9.85. The van der Waals surface area contributed by atoms with E-state index in [1.165, 1.54) is 4.31 Å². The summed E-state index contributed by atoms with van der Waals surface area (Å²) in [7, 11) is -3.63. The number of nitrogens with zero attached hydrogens (tertiary/aromatic N) is 2. The first-order valence-corrected chi connectivity index (χ1v) is 12.8. The van der Waals surface area contributed by atoms with E-state index in [0.717, 1.165) is 18.4 Å². The van der Waals surface area contributed by atoms with E-state index in [0.29, 0.717) is 5.56 Å². The number of amides is 2. The van der Waals surface area contributed by atoms with Gasteiger partial charge in [0.1, 0.15) is 0 Å². The van der Waals surface area contributed by atoms with Crippen molar-refractivity contribution in [2.45, 2.75) is 64.3 Å². The van der Waals surface area contributed by atoms with Crippen LogP contribution in [0.2, 0.25) is 0 Å². The fraction of sp³-hybridized carbons (Fsp3) is 0.609. The van der Waals surface area contributed by atoms with Gasteiger partial charge in [-0.15, -0.1) is 0 Å². The molecule has 1 fully saturated rings. The van der Waals surface area contributed by atoms with E-state index in [9.17, 15) is 22.8 Å². The Hall–Kier alpha value is -2.46. The van der Waals surface area contributed by atoms with Gasteiger partial charge < -0.3 is 15.0 Å². The second-order valence-electron chi connectivity index (χ2n) is 8.47. The summed E-state index contributed by atoms with van der Waals surface area (Å²) in [5, 5.41) is 2.74. The van der Waals surface area contributed by atoms with Crippen molar-refractivity contribution in [2.75, 3.05) is 32.8 Å². The molecule has 1 aliphatic heterocycles. The van der Waals surface area contributed by atoms with Crippen LogP contribution in [-0.2, 0) is 29.1 Å². The highest BCUT2D eigenvalue weighted by Gasteiger charge is 2.31. The first-order chi connectivity index (χ1) is 15.5. The summed E-state index contributed by atoms with van der Waals surface area (Å²) in [6.07, 6.45) is 1.61. The Labute approximate surface area is 196 Å². The minimum Gasteiger partial charge on any atom is -0.456 e. The molecule has 1 saturated heterocycles. The predicted molar refractivity (Wildman–Crippen MR) is 124 cm³/mol. The maximum absolute atomic E-state index is 13.0. The molecule has 1 unspecified atom stereocenters. The van der Waals surface area contributed by atoms with Gasteiger partial charge in [-0.25, -0.2) is 8.42 Å². The first kappa shape index (κ1) is 26.8. The summed E-state index contributed by atoms with van der Waals surface area (Å²) in [5.74, 6) is -1.22. The van der Waals surface area contributed by atoms with Crippen molar-refractivity contribution in [3.8, 4) is 0 Å². The number of esters is 1. The normalized spacial score (nSPS) is 15.7. The number of nitrogens with one attached hydrogen (secondary N) is 1. The number of hydrogen-bond acceptors (Lipinski definition) is 6. The molecule has 33 heavy (non-hydrogen) atoms. The number of piperazine rings is 1. The molecule has 9 nitrogen and oxygen atoms in total. The molecule has 1 aliphatic rings. The third-order valence-electron chi connectivity index (χ3n) is 5.59. The largest absolute Gasteiger partial charge is 0.456 e. The number of benzene rings is 1. The summed E-state index contributed by atoms with van der Waals surface area (Å²) in [4.78, 5) is 37.9. The van der Waals surface area contributed by atoms with Crippen molar-refractivity contribution >= 4 is 27.8 Å². The van der Waals surface area contributed by atoms with Crippen LogP contribution in [0.5, 0.6) is 0 Å². The molecule has 0 aromatic heterocycles. The van der Waals surface area contributed by atoms with Crippen molar-refractivity contribution in [3.05, 3.63) is 29.3 Å². The smallest absolute Gasteiger partial charge is 0.306 e. The second kappa shape index (κ2) is 12.1. The van der Waals surface area contributed by atoms with Crippen molar-refractivity contribution in [1.82, 2.24) is 14.5 Å². The lowest BCUT2D eigenvalue weighted by Gasteiger charge is -2.34. The van der Waals surface area contributed by atoms with Crippen LogP contribution in [0.1, 0.15) is 50.7 Å². The zero-order valence-corrected chi connectivity index (χ0v) is 20.7. The predicted octanol–water partition coefficient (Wildman–Crippen LogP) is 1.76. The highest BCUT2D eigenvalue weighted by molar-refractivity contribution is 7.89. The first-order valence-electron chi connectivity index (χ1n) is 11.3. The molecule has 0 aliphatic carbocycles. The summed E-state index contributed by atoms with van der Waals surface area (Å²) in [5.41, 5.74) is 1.55. The average molecular weight is 482 g/mol. The zero-order chi connectivity index (χ0) is 24.6. The van der Waals surface area contributed by atoms with Crippen molar-refractivity contribution in [3.63, 3.8) is 0 Å². The van der Waals surface area contributed by atoms with E-state index >= 15 is 0 Å². The summed E-state index contributed by atoms with van der Waals surface area (Å²) in [6.45, 7) is 8.06. The van der Waals surface area contributed by atoms with Gasteiger partial charge in [0.15, 0.2) is 6.61 Å². The van der Waals surface area contributed by atoms with Crippen molar-refractivity contribution in [1.29, 1.82) is 0 Å². The zero-order valence-electron chi connectivity index (χ0n) is 19.9. The minimum atomic E-state index is -3.63. The number of rotatable bonds is 10. The number of ether oxygens (including phenoxy) is 1. The molecular weight excluding hydrogens is 446 g/mol. The van der Waals surface area contributed by atoms with Crippen LogP contribution in [0.4, 0.5) is 0 Å². The average Bonchev–Trinajstić information content (AvgIpc) is 2.77.